The highest BCUT2D eigenvalue weighted by Crippen LogP contribution is 2.36. The topological polar surface area (TPSA) is 36.4 Å². The Morgan fingerprint density at radius 1 is 1.27 bits per heavy atom. The van der Waals surface area contributed by atoms with Crippen LogP contribution in [0.25, 0.3) is 0 Å². The molecule has 2 rings (SSSR count). The Hall–Kier alpha value is -1.42. The molecule has 1 aromatic carbocycles. The second kappa shape index (κ2) is 6.78. The molecule has 1 unspecified atom stereocenters. The molecule has 1 aliphatic carbocycles. The summed E-state index contributed by atoms with van der Waals surface area (Å²) in [5.74, 6) is 0.685. The van der Waals surface area contributed by atoms with E-state index in [1.54, 1.807) is 0 Å². The molecule has 22 heavy (non-hydrogen) atoms. The Labute approximate surface area is 139 Å². The van der Waals surface area contributed by atoms with E-state index in [0.29, 0.717) is 16.4 Å². The van der Waals surface area contributed by atoms with E-state index >= 15 is 0 Å². The Kier molecular flexibility index (Phi) is 5.22. The summed E-state index contributed by atoms with van der Waals surface area (Å²) in [5.41, 5.74) is 8.01. The third-order valence-electron chi connectivity index (χ3n) is 4.20. The summed E-state index contributed by atoms with van der Waals surface area (Å²) in [4.78, 5) is 0. The second-order valence-electron chi connectivity index (χ2n) is 7.37. The lowest BCUT2D eigenvalue weighted by Gasteiger charge is -2.34. The van der Waals surface area contributed by atoms with Crippen LogP contribution in [0.2, 0.25) is 0 Å². The molecule has 1 aliphatic rings. The van der Waals surface area contributed by atoms with Crippen molar-refractivity contribution in [1.29, 1.82) is 0 Å². The van der Waals surface area contributed by atoms with Gasteiger partial charge in [-0.3, -0.25) is 5.43 Å². The smallest absolute Gasteiger partial charge is 0.191 e. The maximum Gasteiger partial charge on any atom is 0.191 e. The summed E-state index contributed by atoms with van der Waals surface area (Å²) in [6, 6.07) is 6.21. The molecule has 120 valence electrons. The van der Waals surface area contributed by atoms with Gasteiger partial charge < -0.3 is 5.32 Å². The van der Waals surface area contributed by atoms with Crippen LogP contribution in [-0.4, -0.2) is 10.8 Å². The Balaban J connectivity index is 1.99. The van der Waals surface area contributed by atoms with Crippen LogP contribution in [-0.2, 0) is 0 Å². The fourth-order valence-corrected chi connectivity index (χ4v) is 3.63. The molecule has 2 N–H and O–H groups in total. The fourth-order valence-electron chi connectivity index (χ4n) is 3.48. The monoisotopic (exact) mass is 317 g/mol. The Morgan fingerprint density at radius 2 is 1.91 bits per heavy atom. The molecule has 0 saturated heterocycles. The van der Waals surface area contributed by atoms with E-state index in [-0.39, 0.29) is 0 Å². The van der Waals surface area contributed by atoms with E-state index in [0.717, 1.165) is 18.5 Å². The van der Waals surface area contributed by atoms with Crippen molar-refractivity contribution in [2.75, 3.05) is 5.32 Å². The zero-order valence-electron chi connectivity index (χ0n) is 14.3. The lowest BCUT2D eigenvalue weighted by atomic mass is 9.72. The molecule has 0 bridgehead atoms. The van der Waals surface area contributed by atoms with Gasteiger partial charge in [0.1, 0.15) is 0 Å². The molecule has 1 aromatic rings. The summed E-state index contributed by atoms with van der Waals surface area (Å²) >= 11 is 5.38. The van der Waals surface area contributed by atoms with E-state index in [9.17, 15) is 0 Å². The molecule has 0 heterocycles. The van der Waals surface area contributed by atoms with Crippen molar-refractivity contribution in [3.63, 3.8) is 0 Å². The van der Waals surface area contributed by atoms with Gasteiger partial charge in [0.25, 0.3) is 0 Å². The average Bonchev–Trinajstić information content (AvgIpc) is 2.38. The van der Waals surface area contributed by atoms with Crippen LogP contribution in [0.1, 0.15) is 51.2 Å². The minimum Gasteiger partial charge on any atom is -0.331 e. The van der Waals surface area contributed by atoms with Gasteiger partial charge in [-0.25, -0.2) is 0 Å². The van der Waals surface area contributed by atoms with E-state index in [4.69, 9.17) is 12.2 Å². The lowest BCUT2D eigenvalue weighted by molar-refractivity contribution is 0.265. The van der Waals surface area contributed by atoms with Crippen molar-refractivity contribution in [3.8, 4) is 0 Å². The molecule has 4 heteroatoms. The van der Waals surface area contributed by atoms with Crippen molar-refractivity contribution in [2.45, 2.75) is 53.9 Å². The van der Waals surface area contributed by atoms with E-state index in [1.807, 2.05) is 0 Å². The van der Waals surface area contributed by atoms with Crippen LogP contribution in [0.3, 0.4) is 0 Å². The number of rotatable bonds is 2. The summed E-state index contributed by atoms with van der Waals surface area (Å²) in [5, 5.41) is 8.37. The minimum atomic E-state index is 0.333. The average molecular weight is 318 g/mol. The van der Waals surface area contributed by atoms with Crippen molar-refractivity contribution in [2.24, 2.45) is 16.4 Å². The van der Waals surface area contributed by atoms with Crippen molar-refractivity contribution < 1.29 is 0 Å². The molecule has 0 radical (unpaired) electrons. The minimum absolute atomic E-state index is 0.333. The predicted molar refractivity (Wildman–Crippen MR) is 99.5 cm³/mol. The third-order valence-corrected chi connectivity index (χ3v) is 4.40. The number of benzene rings is 1. The standard InChI is InChI=1S/C18H27N3S/c1-12-9-15(11-18(4,5)10-12)20-21-17(22)19-16-13(2)7-6-8-14(16)3/h6-8,12H,9-11H2,1-5H3,(H2,19,21,22). The Morgan fingerprint density at radius 3 is 2.50 bits per heavy atom. The first-order valence-electron chi connectivity index (χ1n) is 7.95. The number of para-hydroxylation sites is 1. The first-order valence-corrected chi connectivity index (χ1v) is 8.36. The highest BCUT2D eigenvalue weighted by molar-refractivity contribution is 7.80. The van der Waals surface area contributed by atoms with Crippen LogP contribution in [0.5, 0.6) is 0 Å². The Bertz CT molecular complexity index is 570. The van der Waals surface area contributed by atoms with Crippen molar-refractivity contribution in [1.82, 2.24) is 5.43 Å². The fraction of sp³-hybridized carbons (Fsp3) is 0.556. The third kappa shape index (κ3) is 4.54. The van der Waals surface area contributed by atoms with Crippen LogP contribution in [0.15, 0.2) is 23.3 Å². The summed E-state index contributed by atoms with van der Waals surface area (Å²) in [6.07, 6.45) is 3.36. The molecular formula is C18H27N3S. The number of aryl methyl sites for hydroxylation is 2. The molecule has 0 aliphatic heterocycles. The number of nitrogens with one attached hydrogen (secondary N) is 2. The second-order valence-corrected chi connectivity index (χ2v) is 7.77. The first kappa shape index (κ1) is 16.9. The number of hydrogen-bond donors (Lipinski definition) is 2. The summed E-state index contributed by atoms with van der Waals surface area (Å²) < 4.78 is 0. The van der Waals surface area contributed by atoms with Crippen LogP contribution >= 0.6 is 12.2 Å². The first-order chi connectivity index (χ1) is 10.3. The van der Waals surface area contributed by atoms with E-state index in [1.165, 1.54) is 23.3 Å². The van der Waals surface area contributed by atoms with Gasteiger partial charge in [-0.15, -0.1) is 0 Å². The van der Waals surface area contributed by atoms with E-state index in [2.05, 4.69) is 68.7 Å². The zero-order valence-corrected chi connectivity index (χ0v) is 15.1. The van der Waals surface area contributed by atoms with Crippen LogP contribution < -0.4 is 10.7 Å². The predicted octanol–water partition coefficient (Wildman–Crippen LogP) is 4.79. The molecule has 3 nitrogen and oxygen atoms in total. The lowest BCUT2D eigenvalue weighted by Crippen LogP contribution is -2.31. The van der Waals surface area contributed by atoms with Gasteiger partial charge in [-0.1, -0.05) is 39.0 Å². The molecule has 0 aromatic heterocycles. The number of anilines is 1. The van der Waals surface area contributed by atoms with Gasteiger partial charge >= 0.3 is 0 Å². The number of hydrogen-bond acceptors (Lipinski definition) is 2. The van der Waals surface area contributed by atoms with Gasteiger partial charge in [-0.2, -0.15) is 5.10 Å². The molecule has 1 fully saturated rings. The molecule has 1 atom stereocenters. The highest BCUT2D eigenvalue weighted by atomic mass is 32.1. The molecule has 0 amide bonds. The maximum absolute atomic E-state index is 5.38. The number of hydrazone groups is 1. The van der Waals surface area contributed by atoms with Crippen LogP contribution in [0, 0.1) is 25.2 Å². The van der Waals surface area contributed by atoms with E-state index < -0.39 is 0 Å². The number of thiocarbonyl (C=S) groups is 1. The number of nitrogens with zero attached hydrogens (tertiary/aromatic N) is 1. The van der Waals surface area contributed by atoms with Gasteiger partial charge in [0.15, 0.2) is 5.11 Å². The molecule has 1 saturated carbocycles. The van der Waals surface area contributed by atoms with Crippen molar-refractivity contribution in [3.05, 3.63) is 29.3 Å². The zero-order chi connectivity index (χ0) is 16.3. The van der Waals surface area contributed by atoms with Gasteiger partial charge in [0.2, 0.25) is 0 Å². The summed E-state index contributed by atoms with van der Waals surface area (Å²) in [6.45, 7) is 11.1. The summed E-state index contributed by atoms with van der Waals surface area (Å²) in [7, 11) is 0. The van der Waals surface area contributed by atoms with Gasteiger partial charge in [0.05, 0.1) is 0 Å². The van der Waals surface area contributed by atoms with Crippen molar-refractivity contribution >= 4 is 28.7 Å². The van der Waals surface area contributed by atoms with Crippen LogP contribution in [0.4, 0.5) is 5.69 Å². The SMILES string of the molecule is Cc1cccc(C)c1NC(=S)NN=C1CC(C)CC(C)(C)C1. The largest absolute Gasteiger partial charge is 0.331 e. The quantitative estimate of drug-likeness (QED) is 0.608. The normalized spacial score (nSPS) is 22.4. The highest BCUT2D eigenvalue weighted by Gasteiger charge is 2.29. The maximum atomic E-state index is 5.38. The molecule has 0 spiro atoms. The van der Waals surface area contributed by atoms with Gasteiger partial charge in [0, 0.05) is 11.4 Å². The van der Waals surface area contributed by atoms with Gasteiger partial charge in [-0.05, 0) is 67.8 Å². The molecular weight excluding hydrogens is 290 g/mol.